The second-order valence-corrected chi connectivity index (χ2v) is 5.23. The molecule has 1 amide bonds. The highest BCUT2D eigenvalue weighted by Crippen LogP contribution is 2.36. The van der Waals surface area contributed by atoms with Crippen molar-refractivity contribution in [1.82, 2.24) is 5.32 Å². The standard InChI is InChI=1S/C16H19FN2O/c1-11(13-5-6-13)10-19-16(20)14-7-4-12(3-2-8-18)9-15(14)17/h4,7,9,11,13H,5-6,8,10,18H2,1H3,(H,19,20). The van der Waals surface area contributed by atoms with Gasteiger partial charge in [0.25, 0.3) is 5.91 Å². The van der Waals surface area contributed by atoms with E-state index in [1.165, 1.54) is 25.0 Å². The fourth-order valence-electron chi connectivity index (χ4n) is 2.11. The minimum absolute atomic E-state index is 0.0614. The molecule has 106 valence electrons. The molecule has 2 rings (SSSR count). The molecule has 1 unspecified atom stereocenters. The van der Waals surface area contributed by atoms with Crippen LogP contribution in [0, 0.1) is 29.5 Å². The molecule has 3 N–H and O–H groups in total. The molecule has 1 aliphatic carbocycles. The Balaban J connectivity index is 1.98. The van der Waals surface area contributed by atoms with Crippen LogP contribution >= 0.6 is 0 Å². The zero-order valence-corrected chi connectivity index (χ0v) is 11.6. The Labute approximate surface area is 118 Å². The van der Waals surface area contributed by atoms with E-state index in [9.17, 15) is 9.18 Å². The largest absolute Gasteiger partial charge is 0.352 e. The highest BCUT2D eigenvalue weighted by atomic mass is 19.1. The van der Waals surface area contributed by atoms with Crippen LogP contribution in [0.3, 0.4) is 0 Å². The first-order chi connectivity index (χ1) is 9.61. The van der Waals surface area contributed by atoms with Crippen LogP contribution in [0.2, 0.25) is 0 Å². The maximum absolute atomic E-state index is 13.9. The summed E-state index contributed by atoms with van der Waals surface area (Å²) in [6.07, 6.45) is 2.47. The normalized spacial score (nSPS) is 15.2. The van der Waals surface area contributed by atoms with Crippen molar-refractivity contribution >= 4 is 5.91 Å². The number of nitrogens with two attached hydrogens (primary N) is 1. The average Bonchev–Trinajstić information content (AvgIpc) is 3.26. The van der Waals surface area contributed by atoms with Crippen LogP contribution in [-0.2, 0) is 0 Å². The SMILES string of the molecule is CC(CNC(=O)c1ccc(C#CCN)cc1F)C1CC1. The van der Waals surface area contributed by atoms with Gasteiger partial charge in [0.05, 0.1) is 12.1 Å². The van der Waals surface area contributed by atoms with Gasteiger partial charge in [-0.05, 0) is 42.9 Å². The molecule has 1 aromatic carbocycles. The predicted molar refractivity (Wildman–Crippen MR) is 76.6 cm³/mol. The van der Waals surface area contributed by atoms with Gasteiger partial charge in [-0.15, -0.1) is 0 Å². The summed E-state index contributed by atoms with van der Waals surface area (Å²) in [6, 6.07) is 4.36. The Morgan fingerprint density at radius 3 is 2.90 bits per heavy atom. The van der Waals surface area contributed by atoms with E-state index < -0.39 is 5.82 Å². The number of hydrogen-bond acceptors (Lipinski definition) is 2. The van der Waals surface area contributed by atoms with Crippen LogP contribution in [-0.4, -0.2) is 19.0 Å². The van der Waals surface area contributed by atoms with Gasteiger partial charge in [-0.25, -0.2) is 4.39 Å². The van der Waals surface area contributed by atoms with Crippen LogP contribution in [0.4, 0.5) is 4.39 Å². The van der Waals surface area contributed by atoms with Gasteiger partial charge >= 0.3 is 0 Å². The molecule has 0 aromatic heterocycles. The quantitative estimate of drug-likeness (QED) is 0.824. The first-order valence-electron chi connectivity index (χ1n) is 6.88. The summed E-state index contributed by atoms with van der Waals surface area (Å²) in [7, 11) is 0. The first-order valence-corrected chi connectivity index (χ1v) is 6.88. The summed E-state index contributed by atoms with van der Waals surface area (Å²) in [5.74, 6) is 5.64. The number of amides is 1. The summed E-state index contributed by atoms with van der Waals surface area (Å²) in [6.45, 7) is 2.93. The molecule has 0 radical (unpaired) electrons. The van der Waals surface area contributed by atoms with Gasteiger partial charge in [0, 0.05) is 12.1 Å². The van der Waals surface area contributed by atoms with Crippen molar-refractivity contribution in [1.29, 1.82) is 0 Å². The van der Waals surface area contributed by atoms with E-state index in [-0.39, 0.29) is 18.0 Å². The van der Waals surface area contributed by atoms with Crippen molar-refractivity contribution in [3.63, 3.8) is 0 Å². The molecule has 1 aliphatic rings. The maximum Gasteiger partial charge on any atom is 0.254 e. The molecule has 0 bridgehead atoms. The lowest BCUT2D eigenvalue weighted by molar-refractivity contribution is 0.0942. The Morgan fingerprint density at radius 2 is 2.30 bits per heavy atom. The third-order valence-electron chi connectivity index (χ3n) is 3.56. The van der Waals surface area contributed by atoms with Gasteiger partial charge in [-0.2, -0.15) is 0 Å². The zero-order chi connectivity index (χ0) is 14.5. The lowest BCUT2D eigenvalue weighted by atomic mass is 10.1. The number of benzene rings is 1. The van der Waals surface area contributed by atoms with E-state index in [2.05, 4.69) is 24.1 Å². The molecule has 0 spiro atoms. The lowest BCUT2D eigenvalue weighted by Crippen LogP contribution is -2.29. The predicted octanol–water partition coefficient (Wildman–Crippen LogP) is 1.91. The monoisotopic (exact) mass is 274 g/mol. The fraction of sp³-hybridized carbons (Fsp3) is 0.438. The van der Waals surface area contributed by atoms with Crippen LogP contribution in [0.25, 0.3) is 0 Å². The van der Waals surface area contributed by atoms with Crippen molar-refractivity contribution in [3.05, 3.63) is 35.1 Å². The maximum atomic E-state index is 13.9. The molecule has 1 saturated carbocycles. The smallest absolute Gasteiger partial charge is 0.254 e. The highest BCUT2D eigenvalue weighted by molar-refractivity contribution is 5.94. The molecule has 20 heavy (non-hydrogen) atoms. The van der Waals surface area contributed by atoms with Gasteiger partial charge in [0.2, 0.25) is 0 Å². The molecule has 0 saturated heterocycles. The van der Waals surface area contributed by atoms with Gasteiger partial charge in [-0.1, -0.05) is 18.8 Å². The average molecular weight is 274 g/mol. The van der Waals surface area contributed by atoms with Crippen molar-refractivity contribution in [2.45, 2.75) is 19.8 Å². The molecule has 1 aromatic rings. The number of rotatable bonds is 4. The van der Waals surface area contributed by atoms with Crippen LogP contribution < -0.4 is 11.1 Å². The summed E-state index contributed by atoms with van der Waals surface area (Å²) >= 11 is 0. The van der Waals surface area contributed by atoms with Gasteiger partial charge in [0.1, 0.15) is 5.82 Å². The summed E-state index contributed by atoms with van der Waals surface area (Å²) < 4.78 is 13.9. The van der Waals surface area contributed by atoms with Gasteiger partial charge in [0.15, 0.2) is 0 Å². The molecular formula is C16H19FN2O. The van der Waals surface area contributed by atoms with E-state index in [0.717, 1.165) is 0 Å². The van der Waals surface area contributed by atoms with Crippen molar-refractivity contribution in [2.75, 3.05) is 13.1 Å². The Hall–Kier alpha value is -1.86. The Morgan fingerprint density at radius 1 is 1.55 bits per heavy atom. The molecule has 3 nitrogen and oxygen atoms in total. The van der Waals surface area contributed by atoms with Gasteiger partial charge in [-0.3, -0.25) is 4.79 Å². The van der Waals surface area contributed by atoms with Crippen molar-refractivity contribution < 1.29 is 9.18 Å². The molecule has 0 heterocycles. The van der Waals surface area contributed by atoms with E-state index >= 15 is 0 Å². The molecule has 4 heteroatoms. The number of carbonyl (C=O) groups excluding carboxylic acids is 1. The van der Waals surface area contributed by atoms with Crippen molar-refractivity contribution in [2.24, 2.45) is 17.6 Å². The number of hydrogen-bond donors (Lipinski definition) is 2. The molecule has 0 aliphatic heterocycles. The minimum atomic E-state index is -0.551. The van der Waals surface area contributed by atoms with E-state index in [1.54, 1.807) is 6.07 Å². The third kappa shape index (κ3) is 3.82. The van der Waals surface area contributed by atoms with Crippen LogP contribution in [0.15, 0.2) is 18.2 Å². The molecule has 1 fully saturated rings. The topological polar surface area (TPSA) is 55.1 Å². The van der Waals surface area contributed by atoms with Crippen LogP contribution in [0.1, 0.15) is 35.7 Å². The van der Waals surface area contributed by atoms with E-state index in [1.807, 2.05) is 0 Å². The van der Waals surface area contributed by atoms with Crippen LogP contribution in [0.5, 0.6) is 0 Å². The second kappa shape index (κ2) is 6.53. The third-order valence-corrected chi connectivity index (χ3v) is 3.56. The number of carbonyl (C=O) groups is 1. The van der Waals surface area contributed by atoms with E-state index in [0.29, 0.717) is 23.9 Å². The molecular weight excluding hydrogens is 255 g/mol. The number of nitrogens with one attached hydrogen (secondary N) is 1. The zero-order valence-electron chi connectivity index (χ0n) is 11.6. The van der Waals surface area contributed by atoms with E-state index in [4.69, 9.17) is 5.73 Å². The molecule has 1 atom stereocenters. The van der Waals surface area contributed by atoms with Gasteiger partial charge < -0.3 is 11.1 Å². The minimum Gasteiger partial charge on any atom is -0.352 e. The Bertz CT molecular complexity index is 555. The second-order valence-electron chi connectivity index (χ2n) is 5.23. The first kappa shape index (κ1) is 14.5. The fourth-order valence-corrected chi connectivity index (χ4v) is 2.11. The Kier molecular flexibility index (Phi) is 4.75. The van der Waals surface area contributed by atoms with Crippen molar-refractivity contribution in [3.8, 4) is 11.8 Å². The summed E-state index contributed by atoms with van der Waals surface area (Å²) in [4.78, 5) is 11.9. The number of halogens is 1. The highest BCUT2D eigenvalue weighted by Gasteiger charge is 2.28. The summed E-state index contributed by atoms with van der Waals surface area (Å²) in [5.41, 5.74) is 5.84. The summed E-state index contributed by atoms with van der Waals surface area (Å²) in [5, 5.41) is 2.79. The lowest BCUT2D eigenvalue weighted by Gasteiger charge is -2.11.